The van der Waals surface area contributed by atoms with Crippen LogP contribution in [0.3, 0.4) is 0 Å². The zero-order chi connectivity index (χ0) is 16.9. The molecule has 3 heterocycles. The van der Waals surface area contributed by atoms with Gasteiger partial charge >= 0.3 is 6.03 Å². The van der Waals surface area contributed by atoms with Gasteiger partial charge in [0, 0.05) is 19.6 Å². The van der Waals surface area contributed by atoms with E-state index in [1.54, 1.807) is 6.20 Å². The van der Waals surface area contributed by atoms with E-state index in [4.69, 9.17) is 15.2 Å². The zero-order valence-corrected chi connectivity index (χ0v) is 13.3. The first-order valence-corrected chi connectivity index (χ1v) is 7.89. The van der Waals surface area contributed by atoms with Gasteiger partial charge in [0.05, 0.1) is 38.2 Å². The van der Waals surface area contributed by atoms with Gasteiger partial charge in [-0.15, -0.1) is 0 Å². The number of morpholine rings is 2. The molecule has 2 aliphatic heterocycles. The van der Waals surface area contributed by atoms with E-state index in [9.17, 15) is 9.59 Å². The Bertz CT molecular complexity index is 588. The lowest BCUT2D eigenvalue weighted by atomic mass is 10.2. The van der Waals surface area contributed by atoms with Crippen LogP contribution in [0.15, 0.2) is 18.3 Å². The fraction of sp³-hybridized carbons (Fsp3) is 0.533. The van der Waals surface area contributed by atoms with Crippen molar-refractivity contribution in [2.24, 2.45) is 5.73 Å². The second-order valence-corrected chi connectivity index (χ2v) is 5.64. The summed E-state index contributed by atoms with van der Waals surface area (Å²) >= 11 is 0. The monoisotopic (exact) mass is 335 g/mol. The fourth-order valence-electron chi connectivity index (χ4n) is 2.65. The van der Waals surface area contributed by atoms with Crippen molar-refractivity contribution in [2.75, 3.05) is 56.2 Å². The molecule has 2 fully saturated rings. The lowest BCUT2D eigenvalue weighted by Gasteiger charge is -2.31. The number of hydrogen-bond acceptors (Lipinski definition) is 6. The van der Waals surface area contributed by atoms with E-state index >= 15 is 0 Å². The summed E-state index contributed by atoms with van der Waals surface area (Å²) in [5.74, 6) is 0.292. The fourth-order valence-corrected chi connectivity index (χ4v) is 2.65. The molecule has 1 aromatic rings. The van der Waals surface area contributed by atoms with Gasteiger partial charge < -0.3 is 30.3 Å². The average molecular weight is 335 g/mol. The van der Waals surface area contributed by atoms with Crippen LogP contribution in [0.25, 0.3) is 0 Å². The number of carbonyl (C=O) groups is 2. The molecule has 130 valence electrons. The van der Waals surface area contributed by atoms with Crippen molar-refractivity contribution in [1.29, 1.82) is 0 Å². The van der Waals surface area contributed by atoms with Crippen molar-refractivity contribution >= 4 is 23.4 Å². The van der Waals surface area contributed by atoms with Crippen LogP contribution >= 0.6 is 0 Å². The number of primary amides is 1. The van der Waals surface area contributed by atoms with E-state index in [-0.39, 0.29) is 19.2 Å². The van der Waals surface area contributed by atoms with Crippen LogP contribution in [-0.2, 0) is 14.3 Å². The molecule has 2 aliphatic rings. The zero-order valence-electron chi connectivity index (χ0n) is 13.3. The summed E-state index contributed by atoms with van der Waals surface area (Å²) in [6.45, 7) is 3.85. The van der Waals surface area contributed by atoms with Crippen molar-refractivity contribution in [3.05, 3.63) is 18.3 Å². The minimum absolute atomic E-state index is 0.153. The lowest BCUT2D eigenvalue weighted by Crippen LogP contribution is -2.51. The predicted molar refractivity (Wildman–Crippen MR) is 86.8 cm³/mol. The summed E-state index contributed by atoms with van der Waals surface area (Å²) in [4.78, 5) is 31.5. The molecule has 3 N–H and O–H groups in total. The number of carbonyl (C=O) groups excluding carboxylic acids is 2. The molecule has 0 aromatic carbocycles. The molecule has 1 unspecified atom stereocenters. The Labute approximate surface area is 139 Å². The van der Waals surface area contributed by atoms with Gasteiger partial charge in [-0.25, -0.2) is 9.78 Å². The molecule has 24 heavy (non-hydrogen) atoms. The Hall–Kier alpha value is -2.39. The molecule has 2 saturated heterocycles. The summed E-state index contributed by atoms with van der Waals surface area (Å²) < 4.78 is 10.5. The highest BCUT2D eigenvalue weighted by Gasteiger charge is 2.27. The Kier molecular flexibility index (Phi) is 5.11. The normalized spacial score (nSPS) is 21.4. The summed E-state index contributed by atoms with van der Waals surface area (Å²) in [6, 6.07) is 3.37. The number of amides is 3. The molecule has 1 atom stereocenters. The van der Waals surface area contributed by atoms with E-state index in [2.05, 4.69) is 15.2 Å². The molecular formula is C15H21N5O4. The molecule has 0 radical (unpaired) electrons. The molecule has 1 aromatic heterocycles. The Morgan fingerprint density at radius 2 is 2.00 bits per heavy atom. The average Bonchev–Trinajstić information content (AvgIpc) is 2.63. The summed E-state index contributed by atoms with van der Waals surface area (Å²) in [6.07, 6.45) is 0.862. The minimum atomic E-state index is -0.758. The van der Waals surface area contributed by atoms with Crippen molar-refractivity contribution in [2.45, 2.75) is 6.10 Å². The number of anilines is 2. The van der Waals surface area contributed by atoms with Crippen LogP contribution in [0.5, 0.6) is 0 Å². The number of rotatable bonds is 3. The van der Waals surface area contributed by atoms with Gasteiger partial charge in [0.15, 0.2) is 6.10 Å². The first kappa shape index (κ1) is 16.5. The van der Waals surface area contributed by atoms with Gasteiger partial charge in [-0.2, -0.15) is 0 Å². The van der Waals surface area contributed by atoms with E-state index in [1.807, 2.05) is 12.1 Å². The summed E-state index contributed by atoms with van der Waals surface area (Å²) in [5, 5.41) is 2.77. The first-order chi connectivity index (χ1) is 11.6. The van der Waals surface area contributed by atoms with Crippen LogP contribution in [0.1, 0.15) is 0 Å². The predicted octanol–water partition coefficient (Wildman–Crippen LogP) is -0.364. The number of pyridine rings is 1. The van der Waals surface area contributed by atoms with Gasteiger partial charge in [0.25, 0.3) is 0 Å². The number of urea groups is 1. The number of hydrogen-bond donors (Lipinski definition) is 2. The smallest absolute Gasteiger partial charge is 0.322 e. The van der Waals surface area contributed by atoms with E-state index in [0.29, 0.717) is 25.4 Å². The molecule has 0 aliphatic carbocycles. The summed E-state index contributed by atoms with van der Waals surface area (Å²) in [5.41, 5.74) is 5.82. The van der Waals surface area contributed by atoms with Gasteiger partial charge in [-0.05, 0) is 12.1 Å². The highest BCUT2D eigenvalue weighted by Crippen LogP contribution is 2.16. The quantitative estimate of drug-likeness (QED) is 0.780. The summed E-state index contributed by atoms with van der Waals surface area (Å²) in [7, 11) is 0. The standard InChI is InChI=1S/C15H21N5O4/c16-14(21)12-10-20(5-8-24-12)15(22)18-11-1-2-13(17-9-11)19-3-6-23-7-4-19/h1-2,9,12H,3-8,10H2,(H2,16,21)(H,18,22). The van der Waals surface area contributed by atoms with E-state index in [1.165, 1.54) is 4.90 Å². The van der Waals surface area contributed by atoms with Crippen LogP contribution < -0.4 is 16.0 Å². The van der Waals surface area contributed by atoms with Crippen molar-refractivity contribution in [3.8, 4) is 0 Å². The highest BCUT2D eigenvalue weighted by atomic mass is 16.5. The molecular weight excluding hydrogens is 314 g/mol. The molecule has 9 heteroatoms. The van der Waals surface area contributed by atoms with Gasteiger partial charge in [-0.1, -0.05) is 0 Å². The second kappa shape index (κ2) is 7.45. The molecule has 0 saturated carbocycles. The third-order valence-electron chi connectivity index (χ3n) is 4.01. The second-order valence-electron chi connectivity index (χ2n) is 5.64. The number of aromatic nitrogens is 1. The Morgan fingerprint density at radius 1 is 1.21 bits per heavy atom. The van der Waals surface area contributed by atoms with Crippen molar-refractivity contribution < 1.29 is 19.1 Å². The first-order valence-electron chi connectivity index (χ1n) is 7.89. The van der Waals surface area contributed by atoms with Gasteiger partial charge in [0.1, 0.15) is 5.82 Å². The molecule has 3 amide bonds. The maximum atomic E-state index is 12.3. The Morgan fingerprint density at radius 3 is 2.67 bits per heavy atom. The van der Waals surface area contributed by atoms with Crippen LogP contribution in [0, 0.1) is 0 Å². The van der Waals surface area contributed by atoms with Crippen LogP contribution in [0.4, 0.5) is 16.3 Å². The molecule has 3 rings (SSSR count). The SMILES string of the molecule is NC(=O)C1CN(C(=O)Nc2ccc(N3CCOCC3)nc2)CCO1. The van der Waals surface area contributed by atoms with Crippen LogP contribution in [0.2, 0.25) is 0 Å². The third-order valence-corrected chi connectivity index (χ3v) is 4.01. The third kappa shape index (κ3) is 3.92. The maximum Gasteiger partial charge on any atom is 0.322 e. The number of nitrogens with two attached hydrogens (primary N) is 1. The Balaban J connectivity index is 1.57. The molecule has 9 nitrogen and oxygen atoms in total. The van der Waals surface area contributed by atoms with E-state index < -0.39 is 12.0 Å². The molecule has 0 bridgehead atoms. The number of nitrogens with zero attached hydrogens (tertiary/aromatic N) is 3. The number of ether oxygens (including phenoxy) is 2. The largest absolute Gasteiger partial charge is 0.378 e. The van der Waals surface area contributed by atoms with Crippen LogP contribution in [-0.4, -0.2) is 73.9 Å². The topological polar surface area (TPSA) is 110 Å². The van der Waals surface area contributed by atoms with Gasteiger partial charge in [0.2, 0.25) is 5.91 Å². The van der Waals surface area contributed by atoms with Crippen molar-refractivity contribution in [1.82, 2.24) is 9.88 Å². The van der Waals surface area contributed by atoms with E-state index in [0.717, 1.165) is 18.9 Å². The van der Waals surface area contributed by atoms with Crippen molar-refractivity contribution in [3.63, 3.8) is 0 Å². The maximum absolute atomic E-state index is 12.3. The highest BCUT2D eigenvalue weighted by molar-refractivity contribution is 5.90. The van der Waals surface area contributed by atoms with Gasteiger partial charge in [-0.3, -0.25) is 4.79 Å². The lowest BCUT2D eigenvalue weighted by molar-refractivity contribution is -0.133. The number of nitrogens with one attached hydrogen (secondary N) is 1. The minimum Gasteiger partial charge on any atom is -0.378 e. The molecule has 0 spiro atoms.